The van der Waals surface area contributed by atoms with Gasteiger partial charge in [-0.2, -0.15) is 0 Å². The van der Waals surface area contributed by atoms with E-state index in [9.17, 15) is 4.79 Å². The second-order valence-electron chi connectivity index (χ2n) is 3.11. The number of hydrogen-bond donors (Lipinski definition) is 2. The summed E-state index contributed by atoms with van der Waals surface area (Å²) in [7, 11) is 0. The number of carbonyl (C=O) groups is 1. The summed E-state index contributed by atoms with van der Waals surface area (Å²) in [4.78, 5) is 23.8. The van der Waals surface area contributed by atoms with Crippen LogP contribution < -0.4 is 10.6 Å². The van der Waals surface area contributed by atoms with Crippen molar-refractivity contribution in [2.24, 2.45) is 0 Å². The van der Waals surface area contributed by atoms with Crippen LogP contribution in [0.3, 0.4) is 0 Å². The van der Waals surface area contributed by atoms with Crippen LogP contribution in [0.5, 0.6) is 0 Å². The van der Waals surface area contributed by atoms with Crippen LogP contribution in [-0.2, 0) is 0 Å². The van der Waals surface area contributed by atoms with Gasteiger partial charge < -0.3 is 5.32 Å². The number of carbonyl (C=O) groups excluding carboxylic acids is 1. The number of thiazole rings is 1. The molecular weight excluding hydrogens is 238 g/mol. The third-order valence-corrected chi connectivity index (χ3v) is 2.58. The second kappa shape index (κ2) is 5.35. The number of hydrogen-bond acceptors (Lipinski definition) is 6. The molecule has 2 N–H and O–H groups in total. The average molecular weight is 249 g/mol. The Balaban J connectivity index is 2.04. The molecule has 6 nitrogen and oxygen atoms in total. The van der Waals surface area contributed by atoms with Gasteiger partial charge in [-0.05, 0) is 6.92 Å². The molecule has 2 heterocycles. The first-order chi connectivity index (χ1) is 8.29. The van der Waals surface area contributed by atoms with Crippen molar-refractivity contribution in [2.45, 2.75) is 6.92 Å². The molecule has 0 saturated heterocycles. The summed E-state index contributed by atoms with van der Waals surface area (Å²) in [5, 5.41) is 7.97. The quantitative estimate of drug-likeness (QED) is 0.860. The number of rotatable bonds is 4. The molecule has 17 heavy (non-hydrogen) atoms. The molecule has 0 saturated carbocycles. The minimum atomic E-state index is -0.310. The third-order valence-electron chi connectivity index (χ3n) is 1.90. The zero-order chi connectivity index (χ0) is 12.1. The summed E-state index contributed by atoms with van der Waals surface area (Å²) in [5.74, 6) is 0.341. The summed E-state index contributed by atoms with van der Waals surface area (Å²) in [6.07, 6.45) is 4.58. The average Bonchev–Trinajstić information content (AvgIpc) is 2.83. The van der Waals surface area contributed by atoms with Gasteiger partial charge in [0.25, 0.3) is 5.91 Å². The number of nitrogens with one attached hydrogen (secondary N) is 2. The lowest BCUT2D eigenvalue weighted by Gasteiger charge is -2.03. The summed E-state index contributed by atoms with van der Waals surface area (Å²) >= 11 is 1.35. The smallest absolute Gasteiger partial charge is 0.277 e. The van der Waals surface area contributed by atoms with Crippen LogP contribution >= 0.6 is 11.3 Å². The molecule has 7 heteroatoms. The van der Waals surface area contributed by atoms with Crippen molar-refractivity contribution >= 4 is 28.2 Å². The van der Waals surface area contributed by atoms with Crippen LogP contribution in [0.2, 0.25) is 0 Å². The highest BCUT2D eigenvalue weighted by atomic mass is 32.1. The zero-order valence-electron chi connectivity index (χ0n) is 9.17. The number of nitrogens with zero attached hydrogens (tertiary/aromatic N) is 3. The molecule has 0 atom stereocenters. The molecule has 2 aromatic rings. The van der Waals surface area contributed by atoms with Crippen LogP contribution in [0.25, 0.3) is 0 Å². The van der Waals surface area contributed by atoms with E-state index in [2.05, 4.69) is 25.6 Å². The second-order valence-corrected chi connectivity index (χ2v) is 4.00. The van der Waals surface area contributed by atoms with Crippen molar-refractivity contribution in [1.29, 1.82) is 0 Å². The summed E-state index contributed by atoms with van der Waals surface area (Å²) in [6, 6.07) is 0. The fraction of sp³-hybridized carbons (Fsp3) is 0.200. The van der Waals surface area contributed by atoms with Gasteiger partial charge in [-0.15, -0.1) is 11.3 Å². The Kier molecular flexibility index (Phi) is 3.61. The molecule has 0 bridgehead atoms. The molecule has 0 fully saturated rings. The van der Waals surface area contributed by atoms with E-state index in [4.69, 9.17) is 0 Å². The standard InChI is InChI=1S/C10H11N5OS/c1-2-11-8-6-13-7(5-14-8)9(16)15-10-12-3-4-17-10/h3-6H,2H2,1H3,(H,11,14)(H,12,15,16). The zero-order valence-corrected chi connectivity index (χ0v) is 9.99. The third kappa shape index (κ3) is 2.97. The molecule has 0 aliphatic heterocycles. The van der Waals surface area contributed by atoms with Gasteiger partial charge >= 0.3 is 0 Å². The van der Waals surface area contributed by atoms with E-state index in [1.165, 1.54) is 23.7 Å². The van der Waals surface area contributed by atoms with Gasteiger partial charge in [0.1, 0.15) is 11.5 Å². The maximum absolute atomic E-state index is 11.7. The van der Waals surface area contributed by atoms with Crippen LogP contribution in [0.15, 0.2) is 24.0 Å². The number of aromatic nitrogens is 3. The Labute approximate surface area is 102 Å². The van der Waals surface area contributed by atoms with Gasteiger partial charge in [0.15, 0.2) is 5.13 Å². The monoisotopic (exact) mass is 249 g/mol. The molecular formula is C10H11N5OS. The van der Waals surface area contributed by atoms with Gasteiger partial charge in [0.05, 0.1) is 12.4 Å². The van der Waals surface area contributed by atoms with Crippen molar-refractivity contribution in [3.8, 4) is 0 Å². The van der Waals surface area contributed by atoms with Crippen LogP contribution in [0.4, 0.5) is 10.9 Å². The van der Waals surface area contributed by atoms with E-state index in [1.807, 2.05) is 6.92 Å². The lowest BCUT2D eigenvalue weighted by molar-refractivity contribution is 0.102. The van der Waals surface area contributed by atoms with Crippen molar-refractivity contribution in [3.05, 3.63) is 29.7 Å². The van der Waals surface area contributed by atoms with Crippen molar-refractivity contribution in [2.75, 3.05) is 17.2 Å². The maximum atomic E-state index is 11.7. The first-order valence-corrected chi connectivity index (χ1v) is 5.94. The van der Waals surface area contributed by atoms with Gasteiger partial charge in [0.2, 0.25) is 0 Å². The van der Waals surface area contributed by atoms with E-state index < -0.39 is 0 Å². The number of anilines is 2. The molecule has 0 aromatic carbocycles. The van der Waals surface area contributed by atoms with E-state index in [0.717, 1.165) is 6.54 Å². The lowest BCUT2D eigenvalue weighted by atomic mass is 10.4. The first kappa shape index (κ1) is 11.5. The van der Waals surface area contributed by atoms with Crippen molar-refractivity contribution in [3.63, 3.8) is 0 Å². The first-order valence-electron chi connectivity index (χ1n) is 5.06. The van der Waals surface area contributed by atoms with Gasteiger partial charge in [-0.1, -0.05) is 0 Å². The van der Waals surface area contributed by atoms with Crippen molar-refractivity contribution in [1.82, 2.24) is 15.0 Å². The van der Waals surface area contributed by atoms with E-state index in [1.54, 1.807) is 11.6 Å². The fourth-order valence-corrected chi connectivity index (χ4v) is 1.69. The Morgan fingerprint density at radius 1 is 1.35 bits per heavy atom. The van der Waals surface area contributed by atoms with Crippen LogP contribution in [0, 0.1) is 0 Å². The van der Waals surface area contributed by atoms with E-state index in [-0.39, 0.29) is 11.6 Å². The minimum Gasteiger partial charge on any atom is -0.369 e. The summed E-state index contributed by atoms with van der Waals surface area (Å²) in [6.45, 7) is 2.73. The van der Waals surface area contributed by atoms with Crippen LogP contribution in [0.1, 0.15) is 17.4 Å². The molecule has 88 valence electrons. The molecule has 2 rings (SSSR count). The largest absolute Gasteiger partial charge is 0.369 e. The van der Waals surface area contributed by atoms with Gasteiger partial charge in [-0.3, -0.25) is 10.1 Å². The molecule has 0 aliphatic rings. The Hall–Kier alpha value is -2.02. The predicted molar refractivity (Wildman–Crippen MR) is 66.3 cm³/mol. The van der Waals surface area contributed by atoms with Crippen molar-refractivity contribution < 1.29 is 4.79 Å². The Bertz CT molecular complexity index is 482. The summed E-state index contributed by atoms with van der Waals surface area (Å²) in [5.41, 5.74) is 0.266. The molecule has 2 aromatic heterocycles. The Morgan fingerprint density at radius 3 is 2.82 bits per heavy atom. The maximum Gasteiger partial charge on any atom is 0.277 e. The van der Waals surface area contributed by atoms with E-state index in [0.29, 0.717) is 10.9 Å². The molecule has 0 radical (unpaired) electrons. The fourth-order valence-electron chi connectivity index (χ4n) is 1.16. The normalized spacial score (nSPS) is 9.94. The molecule has 0 aliphatic carbocycles. The highest BCUT2D eigenvalue weighted by molar-refractivity contribution is 7.13. The topological polar surface area (TPSA) is 79.8 Å². The SMILES string of the molecule is CCNc1cnc(C(=O)Nc2nccs2)cn1. The predicted octanol–water partition coefficient (Wildman–Crippen LogP) is 1.62. The highest BCUT2D eigenvalue weighted by Crippen LogP contribution is 2.11. The van der Waals surface area contributed by atoms with Gasteiger partial charge in [0, 0.05) is 18.1 Å². The molecule has 1 amide bonds. The van der Waals surface area contributed by atoms with Crippen LogP contribution in [-0.4, -0.2) is 27.4 Å². The lowest BCUT2D eigenvalue weighted by Crippen LogP contribution is -2.14. The minimum absolute atomic E-state index is 0.266. The Morgan fingerprint density at radius 2 is 2.24 bits per heavy atom. The van der Waals surface area contributed by atoms with Gasteiger partial charge in [-0.25, -0.2) is 15.0 Å². The number of amides is 1. The molecule has 0 spiro atoms. The summed E-state index contributed by atoms with van der Waals surface area (Å²) < 4.78 is 0. The molecule has 0 unspecified atom stereocenters. The van der Waals surface area contributed by atoms with E-state index >= 15 is 0 Å². The highest BCUT2D eigenvalue weighted by Gasteiger charge is 2.09.